The molecule has 2 rings (SSSR count). The van der Waals surface area contributed by atoms with Gasteiger partial charge in [0.15, 0.2) is 6.29 Å². The first kappa shape index (κ1) is 16.2. The molecular weight excluding hydrogens is 270 g/mol. The van der Waals surface area contributed by atoms with E-state index in [2.05, 4.69) is 0 Å². The van der Waals surface area contributed by atoms with Crippen molar-refractivity contribution in [1.82, 2.24) is 0 Å². The summed E-state index contributed by atoms with van der Waals surface area (Å²) >= 11 is 0. The van der Waals surface area contributed by atoms with Crippen molar-refractivity contribution < 1.29 is 14.5 Å². The fourth-order valence-electron chi connectivity index (χ4n) is 1.69. The number of aldehydes is 2. The van der Waals surface area contributed by atoms with Crippen molar-refractivity contribution in [3.8, 4) is 0 Å². The molecule has 108 valence electrons. The third-order valence-electron chi connectivity index (χ3n) is 2.99. The van der Waals surface area contributed by atoms with Crippen molar-refractivity contribution in [2.45, 2.75) is 13.8 Å². The van der Waals surface area contributed by atoms with Gasteiger partial charge in [-0.25, -0.2) is 0 Å². The number of nitrogens with zero attached hydrogens (tertiary/aromatic N) is 1. The van der Waals surface area contributed by atoms with Crippen LogP contribution in [0.5, 0.6) is 0 Å². The van der Waals surface area contributed by atoms with E-state index in [1.54, 1.807) is 13.0 Å². The first-order chi connectivity index (χ1) is 10.0. The van der Waals surface area contributed by atoms with E-state index in [1.807, 2.05) is 31.2 Å². The van der Waals surface area contributed by atoms with Crippen LogP contribution in [0.2, 0.25) is 0 Å². The highest BCUT2D eigenvalue weighted by Crippen LogP contribution is 2.19. The Hall–Kier alpha value is -2.82. The van der Waals surface area contributed by atoms with E-state index >= 15 is 0 Å². The Morgan fingerprint density at radius 3 is 1.95 bits per heavy atom. The van der Waals surface area contributed by atoms with Gasteiger partial charge in [-0.15, -0.1) is 0 Å². The van der Waals surface area contributed by atoms with Gasteiger partial charge in [-0.2, -0.15) is 0 Å². The first-order valence-electron chi connectivity index (χ1n) is 6.21. The molecular formula is C16H15NO4. The van der Waals surface area contributed by atoms with Crippen LogP contribution in [0.25, 0.3) is 0 Å². The van der Waals surface area contributed by atoms with Gasteiger partial charge in [-0.1, -0.05) is 36.4 Å². The SMILES string of the molecule is Cc1c(C=O)cccc1[N+](=O)[O-].Cc1ccccc1C=O. The highest BCUT2D eigenvalue weighted by atomic mass is 16.6. The third kappa shape index (κ3) is 4.35. The average Bonchev–Trinajstić information content (AvgIpc) is 2.48. The van der Waals surface area contributed by atoms with Crippen molar-refractivity contribution >= 4 is 18.3 Å². The molecule has 5 heteroatoms. The molecule has 5 nitrogen and oxygen atoms in total. The second-order valence-electron chi connectivity index (χ2n) is 4.34. The molecule has 0 fully saturated rings. The molecule has 0 N–H and O–H groups in total. The predicted molar refractivity (Wildman–Crippen MR) is 79.8 cm³/mol. The lowest BCUT2D eigenvalue weighted by atomic mass is 10.1. The van der Waals surface area contributed by atoms with E-state index in [9.17, 15) is 19.7 Å². The molecule has 0 amide bonds. The summed E-state index contributed by atoms with van der Waals surface area (Å²) in [5.41, 5.74) is 2.58. The molecule has 0 aromatic heterocycles. The Morgan fingerprint density at radius 2 is 1.48 bits per heavy atom. The predicted octanol–water partition coefficient (Wildman–Crippen LogP) is 3.52. The van der Waals surface area contributed by atoms with Gasteiger partial charge in [0, 0.05) is 22.8 Å². The van der Waals surface area contributed by atoms with Gasteiger partial charge in [0.2, 0.25) is 0 Å². The lowest BCUT2D eigenvalue weighted by Gasteiger charge is -1.97. The molecule has 2 aromatic rings. The van der Waals surface area contributed by atoms with Crippen LogP contribution in [0, 0.1) is 24.0 Å². The van der Waals surface area contributed by atoms with E-state index < -0.39 is 4.92 Å². The fourth-order valence-corrected chi connectivity index (χ4v) is 1.69. The fraction of sp³-hybridized carbons (Fsp3) is 0.125. The third-order valence-corrected chi connectivity index (χ3v) is 2.99. The Bertz CT molecular complexity index is 665. The maximum atomic E-state index is 10.4. The molecule has 0 aliphatic carbocycles. The molecule has 0 heterocycles. The zero-order valence-electron chi connectivity index (χ0n) is 11.8. The number of hydrogen-bond donors (Lipinski definition) is 0. The topological polar surface area (TPSA) is 77.3 Å². The van der Waals surface area contributed by atoms with Crippen molar-refractivity contribution in [1.29, 1.82) is 0 Å². The molecule has 0 aliphatic rings. The number of nitro benzene ring substituents is 1. The number of hydrogen-bond acceptors (Lipinski definition) is 4. The summed E-state index contributed by atoms with van der Waals surface area (Å²) in [5, 5.41) is 10.4. The number of benzene rings is 2. The molecule has 0 bridgehead atoms. The Labute approximate surface area is 122 Å². The summed E-state index contributed by atoms with van der Waals surface area (Å²) < 4.78 is 0. The second kappa shape index (κ2) is 7.69. The van der Waals surface area contributed by atoms with Crippen LogP contribution in [-0.4, -0.2) is 17.5 Å². The summed E-state index contributed by atoms with van der Waals surface area (Å²) in [6.07, 6.45) is 1.48. The number of rotatable bonds is 3. The average molecular weight is 285 g/mol. The molecule has 0 spiro atoms. The van der Waals surface area contributed by atoms with Crippen molar-refractivity contribution in [3.05, 3.63) is 74.8 Å². The highest BCUT2D eigenvalue weighted by Gasteiger charge is 2.11. The molecule has 0 unspecified atom stereocenters. The summed E-state index contributed by atoms with van der Waals surface area (Å²) in [7, 11) is 0. The van der Waals surface area contributed by atoms with Crippen LogP contribution >= 0.6 is 0 Å². The first-order valence-corrected chi connectivity index (χ1v) is 6.21. The zero-order valence-corrected chi connectivity index (χ0v) is 11.8. The molecule has 0 saturated carbocycles. The Balaban J connectivity index is 0.000000219. The van der Waals surface area contributed by atoms with Gasteiger partial charge in [0.1, 0.15) is 6.29 Å². The lowest BCUT2D eigenvalue weighted by Crippen LogP contribution is -1.94. The minimum Gasteiger partial charge on any atom is -0.298 e. The largest absolute Gasteiger partial charge is 0.298 e. The number of carbonyl (C=O) groups excluding carboxylic acids is 2. The van der Waals surface area contributed by atoms with E-state index in [0.29, 0.717) is 17.4 Å². The number of nitro groups is 1. The van der Waals surface area contributed by atoms with Crippen LogP contribution in [-0.2, 0) is 0 Å². The quantitative estimate of drug-likeness (QED) is 0.491. The van der Waals surface area contributed by atoms with Crippen LogP contribution in [0.4, 0.5) is 5.69 Å². The van der Waals surface area contributed by atoms with Crippen LogP contribution in [0.15, 0.2) is 42.5 Å². The van der Waals surface area contributed by atoms with Crippen LogP contribution in [0.3, 0.4) is 0 Å². The minimum absolute atomic E-state index is 0.0143. The number of aryl methyl sites for hydroxylation is 1. The summed E-state index contributed by atoms with van der Waals surface area (Å²) in [4.78, 5) is 30.5. The van der Waals surface area contributed by atoms with Crippen molar-refractivity contribution in [2.24, 2.45) is 0 Å². The molecule has 0 saturated heterocycles. The van der Waals surface area contributed by atoms with Crippen LogP contribution < -0.4 is 0 Å². The smallest absolute Gasteiger partial charge is 0.273 e. The lowest BCUT2D eigenvalue weighted by molar-refractivity contribution is -0.385. The van der Waals surface area contributed by atoms with Gasteiger partial charge in [-0.3, -0.25) is 19.7 Å². The maximum Gasteiger partial charge on any atom is 0.273 e. The van der Waals surface area contributed by atoms with E-state index in [-0.39, 0.29) is 5.69 Å². The standard InChI is InChI=1S/C8H7NO3.C8H8O/c1-6-7(5-10)3-2-4-8(6)9(11)12;1-7-4-2-3-5-8(7)6-9/h2-5H,1H3;2-6H,1H3. The monoisotopic (exact) mass is 285 g/mol. The van der Waals surface area contributed by atoms with Crippen LogP contribution in [0.1, 0.15) is 31.8 Å². The summed E-state index contributed by atoms with van der Waals surface area (Å²) in [6.45, 7) is 3.48. The Morgan fingerprint density at radius 1 is 0.905 bits per heavy atom. The molecule has 0 aliphatic heterocycles. The summed E-state index contributed by atoms with van der Waals surface area (Å²) in [6, 6.07) is 11.9. The number of carbonyl (C=O) groups is 2. The van der Waals surface area contributed by atoms with Gasteiger partial charge in [-0.05, 0) is 19.4 Å². The van der Waals surface area contributed by atoms with Crippen molar-refractivity contribution in [3.63, 3.8) is 0 Å². The van der Waals surface area contributed by atoms with Gasteiger partial charge in [0.25, 0.3) is 5.69 Å². The minimum atomic E-state index is -0.498. The molecule has 0 radical (unpaired) electrons. The van der Waals surface area contributed by atoms with Gasteiger partial charge < -0.3 is 0 Å². The summed E-state index contributed by atoms with van der Waals surface area (Å²) in [5.74, 6) is 0. The van der Waals surface area contributed by atoms with Gasteiger partial charge in [0.05, 0.1) is 4.92 Å². The Kier molecular flexibility index (Phi) is 5.95. The normalized spacial score (nSPS) is 9.24. The van der Waals surface area contributed by atoms with Gasteiger partial charge >= 0.3 is 0 Å². The molecule has 0 atom stereocenters. The second-order valence-corrected chi connectivity index (χ2v) is 4.34. The highest BCUT2D eigenvalue weighted by molar-refractivity contribution is 5.79. The van der Waals surface area contributed by atoms with Crippen molar-refractivity contribution in [2.75, 3.05) is 0 Å². The molecule has 21 heavy (non-hydrogen) atoms. The maximum absolute atomic E-state index is 10.4. The van der Waals surface area contributed by atoms with E-state index in [4.69, 9.17) is 0 Å². The molecule has 2 aromatic carbocycles. The van der Waals surface area contributed by atoms with E-state index in [1.165, 1.54) is 12.1 Å². The van der Waals surface area contributed by atoms with E-state index in [0.717, 1.165) is 17.4 Å². The zero-order chi connectivity index (χ0) is 15.8.